The summed E-state index contributed by atoms with van der Waals surface area (Å²) in [4.78, 5) is 14.0. The van der Waals surface area contributed by atoms with E-state index in [-0.39, 0.29) is 12.1 Å². The second-order valence-electron chi connectivity index (χ2n) is 6.76. The molecule has 0 radical (unpaired) electrons. The molecule has 0 aliphatic carbocycles. The first kappa shape index (κ1) is 16.5. The summed E-state index contributed by atoms with van der Waals surface area (Å²) >= 11 is 0. The number of hydrogen-bond acceptors (Lipinski definition) is 5. The molecule has 0 bridgehead atoms. The molecule has 1 unspecified atom stereocenters. The molecule has 1 aromatic rings. The number of hydrogen-bond donors (Lipinski definition) is 1. The Morgan fingerprint density at radius 2 is 2.14 bits per heavy atom. The molecule has 122 valence electrons. The molecule has 2 rings (SSSR count). The number of rotatable bonds is 3. The predicted molar refractivity (Wildman–Crippen MR) is 86.0 cm³/mol. The molecule has 1 amide bonds. The Labute approximate surface area is 132 Å². The lowest BCUT2D eigenvalue weighted by molar-refractivity contribution is 0.0523. The average molecular weight is 306 g/mol. The number of piperidine rings is 1. The van der Waals surface area contributed by atoms with Gasteiger partial charge >= 0.3 is 6.09 Å². The Balaban J connectivity index is 1.95. The molecule has 1 saturated heterocycles. The van der Waals surface area contributed by atoms with Crippen molar-refractivity contribution < 1.29 is 9.53 Å². The van der Waals surface area contributed by atoms with Crippen LogP contribution in [0.5, 0.6) is 0 Å². The molecule has 1 N–H and O–H groups in total. The van der Waals surface area contributed by atoms with Gasteiger partial charge in [-0.15, -0.1) is 5.10 Å². The monoisotopic (exact) mass is 306 g/mol. The molecule has 1 fully saturated rings. The van der Waals surface area contributed by atoms with Crippen molar-refractivity contribution in [2.24, 2.45) is 0 Å². The number of nitrogens with one attached hydrogen (secondary N) is 1. The summed E-state index contributed by atoms with van der Waals surface area (Å²) in [5, 5.41) is 11.3. The van der Waals surface area contributed by atoms with Gasteiger partial charge in [-0.3, -0.25) is 0 Å². The lowest BCUT2D eigenvalue weighted by Crippen LogP contribution is -2.48. The van der Waals surface area contributed by atoms with E-state index in [0.717, 1.165) is 37.3 Å². The van der Waals surface area contributed by atoms with Crippen LogP contribution in [-0.2, 0) is 4.74 Å². The summed E-state index contributed by atoms with van der Waals surface area (Å²) in [6.45, 7) is 9.02. The van der Waals surface area contributed by atoms with Gasteiger partial charge < -0.3 is 15.0 Å². The number of alkyl carbamates (subject to hydrolysis) is 1. The van der Waals surface area contributed by atoms with Gasteiger partial charge in [-0.25, -0.2) is 4.79 Å². The van der Waals surface area contributed by atoms with Crippen molar-refractivity contribution in [3.8, 4) is 0 Å². The summed E-state index contributed by atoms with van der Waals surface area (Å²) in [7, 11) is 0. The van der Waals surface area contributed by atoms with Crippen LogP contribution >= 0.6 is 0 Å². The summed E-state index contributed by atoms with van der Waals surface area (Å²) in [6, 6.07) is 4.20. The molecule has 2 heterocycles. The summed E-state index contributed by atoms with van der Waals surface area (Å²) in [5.74, 6) is 0.876. The second-order valence-corrected chi connectivity index (χ2v) is 6.76. The zero-order valence-electron chi connectivity index (χ0n) is 13.9. The number of anilines is 1. The highest BCUT2D eigenvalue weighted by atomic mass is 16.6. The lowest BCUT2D eigenvalue weighted by atomic mass is 10.0. The fourth-order valence-electron chi connectivity index (χ4n) is 2.57. The van der Waals surface area contributed by atoms with Crippen molar-refractivity contribution in [3.63, 3.8) is 0 Å². The third-order valence-corrected chi connectivity index (χ3v) is 3.59. The Hall–Kier alpha value is -1.85. The number of carbonyl (C=O) groups excluding carboxylic acids is 1. The molecule has 6 heteroatoms. The van der Waals surface area contributed by atoms with Gasteiger partial charge in [0.25, 0.3) is 0 Å². The van der Waals surface area contributed by atoms with E-state index < -0.39 is 5.60 Å². The normalized spacial score (nSPS) is 18.9. The van der Waals surface area contributed by atoms with E-state index in [0.29, 0.717) is 6.54 Å². The SMILES string of the molecule is Cc1ccc(N2CCCCC2CNC(=O)OC(C)(C)C)nn1. The van der Waals surface area contributed by atoms with E-state index in [1.807, 2.05) is 39.8 Å². The van der Waals surface area contributed by atoms with Crippen molar-refractivity contribution in [3.05, 3.63) is 17.8 Å². The first-order valence-corrected chi connectivity index (χ1v) is 7.89. The molecule has 1 aliphatic heterocycles. The van der Waals surface area contributed by atoms with Crippen LogP contribution in [-0.4, -0.2) is 41.0 Å². The van der Waals surface area contributed by atoms with E-state index in [2.05, 4.69) is 20.4 Å². The van der Waals surface area contributed by atoms with E-state index in [1.54, 1.807) is 0 Å². The van der Waals surface area contributed by atoms with Crippen LogP contribution in [0.4, 0.5) is 10.6 Å². The number of aryl methyl sites for hydroxylation is 1. The van der Waals surface area contributed by atoms with Crippen molar-refractivity contribution in [1.82, 2.24) is 15.5 Å². The van der Waals surface area contributed by atoms with Crippen LogP contribution < -0.4 is 10.2 Å². The molecular formula is C16H26N4O2. The maximum absolute atomic E-state index is 11.8. The van der Waals surface area contributed by atoms with Crippen molar-refractivity contribution in [2.45, 2.75) is 58.6 Å². The van der Waals surface area contributed by atoms with Gasteiger partial charge in [0.2, 0.25) is 0 Å². The van der Waals surface area contributed by atoms with Gasteiger partial charge in [0, 0.05) is 19.1 Å². The quantitative estimate of drug-likeness (QED) is 0.930. The van der Waals surface area contributed by atoms with Crippen LogP contribution in [0.3, 0.4) is 0 Å². The van der Waals surface area contributed by atoms with E-state index in [1.165, 1.54) is 0 Å². The Kier molecular flexibility index (Phi) is 5.21. The van der Waals surface area contributed by atoms with Gasteiger partial charge in [-0.1, -0.05) is 0 Å². The number of aromatic nitrogens is 2. The minimum atomic E-state index is -0.473. The van der Waals surface area contributed by atoms with Crippen molar-refractivity contribution >= 4 is 11.9 Å². The van der Waals surface area contributed by atoms with Gasteiger partial charge in [0.05, 0.1) is 5.69 Å². The van der Waals surface area contributed by atoms with Crippen molar-refractivity contribution in [1.29, 1.82) is 0 Å². The highest BCUT2D eigenvalue weighted by molar-refractivity contribution is 5.67. The lowest BCUT2D eigenvalue weighted by Gasteiger charge is -2.36. The number of carbonyl (C=O) groups is 1. The maximum Gasteiger partial charge on any atom is 0.407 e. The van der Waals surface area contributed by atoms with Crippen LogP contribution in [0.15, 0.2) is 12.1 Å². The van der Waals surface area contributed by atoms with Gasteiger partial charge in [0.15, 0.2) is 5.82 Å². The number of nitrogens with zero attached hydrogens (tertiary/aromatic N) is 3. The molecule has 22 heavy (non-hydrogen) atoms. The summed E-state index contributed by atoms with van der Waals surface area (Å²) in [6.07, 6.45) is 2.97. The zero-order valence-corrected chi connectivity index (χ0v) is 13.9. The molecule has 1 aliphatic rings. The number of amides is 1. The molecule has 0 aromatic carbocycles. The first-order chi connectivity index (χ1) is 10.3. The molecule has 1 aromatic heterocycles. The minimum Gasteiger partial charge on any atom is -0.444 e. The molecule has 6 nitrogen and oxygen atoms in total. The Bertz CT molecular complexity index is 496. The van der Waals surface area contributed by atoms with Crippen LogP contribution in [0.2, 0.25) is 0 Å². The second kappa shape index (κ2) is 6.94. The maximum atomic E-state index is 11.8. The van der Waals surface area contributed by atoms with Crippen molar-refractivity contribution in [2.75, 3.05) is 18.0 Å². The average Bonchev–Trinajstić information content (AvgIpc) is 2.45. The van der Waals surface area contributed by atoms with Crippen LogP contribution in [0.25, 0.3) is 0 Å². The smallest absolute Gasteiger partial charge is 0.407 e. The third-order valence-electron chi connectivity index (χ3n) is 3.59. The molecule has 0 spiro atoms. The fourth-order valence-corrected chi connectivity index (χ4v) is 2.57. The van der Waals surface area contributed by atoms with E-state index >= 15 is 0 Å². The predicted octanol–water partition coefficient (Wildman–Crippen LogP) is 2.67. The van der Waals surface area contributed by atoms with Crippen LogP contribution in [0.1, 0.15) is 45.7 Å². The minimum absolute atomic E-state index is 0.235. The highest BCUT2D eigenvalue weighted by Gasteiger charge is 2.25. The van der Waals surface area contributed by atoms with Gasteiger partial charge in [0.1, 0.15) is 5.60 Å². The molecule has 0 saturated carbocycles. The fraction of sp³-hybridized carbons (Fsp3) is 0.688. The van der Waals surface area contributed by atoms with E-state index in [9.17, 15) is 4.79 Å². The Morgan fingerprint density at radius 3 is 2.77 bits per heavy atom. The largest absolute Gasteiger partial charge is 0.444 e. The topological polar surface area (TPSA) is 67.4 Å². The standard InChI is InChI=1S/C16H26N4O2/c1-12-8-9-14(19-18-12)20-10-6-5-7-13(20)11-17-15(21)22-16(2,3)4/h8-9,13H,5-7,10-11H2,1-4H3,(H,17,21). The first-order valence-electron chi connectivity index (χ1n) is 7.89. The van der Waals surface area contributed by atoms with Gasteiger partial charge in [-0.05, 0) is 59.1 Å². The zero-order chi connectivity index (χ0) is 16.2. The third kappa shape index (κ3) is 4.86. The molecular weight excluding hydrogens is 280 g/mol. The molecule has 1 atom stereocenters. The Morgan fingerprint density at radius 1 is 1.36 bits per heavy atom. The van der Waals surface area contributed by atoms with E-state index in [4.69, 9.17) is 4.74 Å². The number of ether oxygens (including phenoxy) is 1. The van der Waals surface area contributed by atoms with Crippen LogP contribution in [0, 0.1) is 6.92 Å². The summed E-state index contributed by atoms with van der Waals surface area (Å²) < 4.78 is 5.29. The highest BCUT2D eigenvalue weighted by Crippen LogP contribution is 2.22. The van der Waals surface area contributed by atoms with Gasteiger partial charge in [-0.2, -0.15) is 5.10 Å². The summed E-state index contributed by atoms with van der Waals surface area (Å²) in [5.41, 5.74) is 0.433.